The number of hydrogen-bond donors (Lipinski definition) is 14. The Hall–Kier alpha value is -10.5. The average molecular weight is 1320 g/mol. The van der Waals surface area contributed by atoms with Crippen LogP contribution in [0.2, 0.25) is 0 Å². The molecule has 3 aliphatic heterocycles. The summed E-state index contributed by atoms with van der Waals surface area (Å²) in [5.74, 6) is -12.2. The molecule has 0 bridgehead atoms. The van der Waals surface area contributed by atoms with Gasteiger partial charge in [0.15, 0.2) is 0 Å². The van der Waals surface area contributed by atoms with E-state index in [1.807, 2.05) is 6.07 Å². The van der Waals surface area contributed by atoms with Crippen LogP contribution in [0.3, 0.4) is 0 Å². The second-order valence-corrected chi connectivity index (χ2v) is 24.5. The van der Waals surface area contributed by atoms with Crippen LogP contribution in [0.4, 0.5) is 0 Å². The molecule has 0 unspecified atom stereocenters. The highest BCUT2D eigenvalue weighted by molar-refractivity contribution is 6.01. The quantitative estimate of drug-likeness (QED) is 0.0547. The zero-order valence-corrected chi connectivity index (χ0v) is 52.9. The lowest BCUT2D eigenvalue weighted by molar-refractivity contribution is -0.144. The van der Waals surface area contributed by atoms with Gasteiger partial charge < -0.3 is 84.0 Å². The Labute approximate surface area is 552 Å². The van der Waals surface area contributed by atoms with Crippen LogP contribution in [0, 0.1) is 0 Å². The number of benzene rings is 4. The fraction of sp³-hybridized carbons (Fsp3) is 0.412. The number of hydrogen-bond acceptors (Lipinski definition) is 14. The summed E-state index contributed by atoms with van der Waals surface area (Å²) in [6.45, 7) is -0.00718. The number of nitrogens with two attached hydrogens (primary N) is 2. The van der Waals surface area contributed by atoms with Gasteiger partial charge in [0.05, 0.1) is 12.8 Å². The summed E-state index contributed by atoms with van der Waals surface area (Å²) in [5.41, 5.74) is 15.5. The van der Waals surface area contributed by atoms with Crippen LogP contribution in [-0.4, -0.2) is 188 Å². The third kappa shape index (κ3) is 18.3. The molecule has 9 rings (SSSR count). The molecule has 10 amide bonds. The van der Waals surface area contributed by atoms with Crippen molar-refractivity contribution in [3.8, 4) is 0 Å². The number of carboxylic acids is 2. The van der Waals surface area contributed by atoms with E-state index in [0.29, 0.717) is 38.8 Å². The minimum atomic E-state index is -1.84. The van der Waals surface area contributed by atoms with E-state index >= 15 is 19.2 Å². The van der Waals surface area contributed by atoms with Crippen LogP contribution in [0.5, 0.6) is 0 Å². The highest BCUT2D eigenvalue weighted by Crippen LogP contribution is 2.25. The third-order valence-corrected chi connectivity index (χ3v) is 17.5. The number of H-pyrrole nitrogens is 2. The number of amides is 10. The molecule has 3 saturated heterocycles. The van der Waals surface area contributed by atoms with Crippen LogP contribution in [0.1, 0.15) is 86.6 Å². The first kappa shape index (κ1) is 69.9. The van der Waals surface area contributed by atoms with Crippen molar-refractivity contribution in [3.63, 3.8) is 0 Å². The maximum absolute atomic E-state index is 15.2. The average Bonchev–Trinajstić information content (AvgIpc) is 1.59. The van der Waals surface area contributed by atoms with Gasteiger partial charge in [-0.25, -0.2) is 0 Å². The van der Waals surface area contributed by atoms with Crippen LogP contribution in [0.15, 0.2) is 121 Å². The Morgan fingerprint density at radius 1 is 0.438 bits per heavy atom. The fourth-order valence-electron chi connectivity index (χ4n) is 12.6. The number of aliphatic carboxylic acids is 2. The number of nitrogens with one attached hydrogen (secondary N) is 10. The number of carboxylic acid groups (broad SMARTS) is 2. The number of para-hydroxylation sites is 2. The molecule has 28 heteroatoms. The highest BCUT2D eigenvalue weighted by Gasteiger charge is 2.43. The third-order valence-electron chi connectivity index (χ3n) is 17.5. The molecule has 0 saturated carbocycles. The number of fused-ring (bicyclic) bond motifs is 4. The Morgan fingerprint density at radius 2 is 0.833 bits per heavy atom. The van der Waals surface area contributed by atoms with Gasteiger partial charge in [-0.3, -0.25) is 57.5 Å². The molecule has 96 heavy (non-hydrogen) atoms. The molecule has 508 valence electrons. The van der Waals surface area contributed by atoms with Crippen molar-refractivity contribution in [1.82, 2.24) is 62.3 Å². The van der Waals surface area contributed by atoms with E-state index in [0.717, 1.165) is 5.39 Å². The second kappa shape index (κ2) is 33.1. The van der Waals surface area contributed by atoms with Crippen molar-refractivity contribution in [2.45, 2.75) is 150 Å². The summed E-state index contributed by atoms with van der Waals surface area (Å²) < 4.78 is 0. The van der Waals surface area contributed by atoms with E-state index in [4.69, 9.17) is 11.5 Å². The minimum Gasteiger partial charge on any atom is -0.481 e. The lowest BCUT2D eigenvalue weighted by Crippen LogP contribution is -2.62. The van der Waals surface area contributed by atoms with Crippen molar-refractivity contribution >= 4 is 92.8 Å². The highest BCUT2D eigenvalue weighted by atomic mass is 16.4. The van der Waals surface area contributed by atoms with E-state index in [2.05, 4.69) is 52.5 Å². The first-order valence-electron chi connectivity index (χ1n) is 32.3. The lowest BCUT2D eigenvalue weighted by Gasteiger charge is -2.32. The largest absolute Gasteiger partial charge is 0.481 e. The summed E-state index contributed by atoms with van der Waals surface area (Å²) in [6.07, 6.45) is -0.485. The first-order valence-corrected chi connectivity index (χ1v) is 32.3. The Balaban J connectivity index is 1.11. The molecule has 16 N–H and O–H groups in total. The van der Waals surface area contributed by atoms with E-state index in [-0.39, 0.29) is 103 Å². The van der Waals surface area contributed by atoms with E-state index < -0.39 is 144 Å². The number of rotatable bonds is 18. The first-order chi connectivity index (χ1) is 46.3. The van der Waals surface area contributed by atoms with Gasteiger partial charge in [-0.1, -0.05) is 97.1 Å². The molecular weight excluding hydrogens is 1240 g/mol. The van der Waals surface area contributed by atoms with Gasteiger partial charge in [-0.15, -0.1) is 0 Å². The van der Waals surface area contributed by atoms with E-state index in [9.17, 15) is 48.6 Å². The topological polar surface area (TPSA) is 432 Å². The molecular formula is C68H82N14O14. The molecule has 28 nitrogen and oxygen atoms in total. The van der Waals surface area contributed by atoms with Gasteiger partial charge in [0.25, 0.3) is 0 Å². The van der Waals surface area contributed by atoms with Crippen molar-refractivity contribution < 1.29 is 67.7 Å². The van der Waals surface area contributed by atoms with Crippen LogP contribution in [-0.2, 0) is 83.2 Å². The van der Waals surface area contributed by atoms with Gasteiger partial charge in [-0.2, -0.15) is 0 Å². The molecule has 0 radical (unpaired) electrons. The molecule has 0 spiro atoms. The molecule has 6 aromatic rings. The Kier molecular flexibility index (Phi) is 24.1. The van der Waals surface area contributed by atoms with Gasteiger partial charge in [0.2, 0.25) is 59.1 Å². The van der Waals surface area contributed by atoms with Crippen molar-refractivity contribution in [3.05, 3.63) is 144 Å². The molecule has 2 aromatic heterocycles. The van der Waals surface area contributed by atoms with Crippen LogP contribution in [0.25, 0.3) is 21.8 Å². The van der Waals surface area contributed by atoms with Crippen molar-refractivity contribution in [2.24, 2.45) is 11.5 Å². The normalized spacial score (nSPS) is 24.1. The van der Waals surface area contributed by atoms with Crippen LogP contribution >= 0.6 is 0 Å². The van der Waals surface area contributed by atoms with Crippen molar-refractivity contribution in [1.29, 1.82) is 0 Å². The van der Waals surface area contributed by atoms with Crippen LogP contribution < -0.4 is 54.0 Å². The molecule has 3 aliphatic rings. The SMILES string of the molecule is NCCC[C@@H]1NC(=O)[C@H](CC(=O)O)NC(=O)[C@@H]2CCCN2C(=O)[C@@H](Cc2ccccc2)NC(=O)[C@H](Cc2c[nH]c3ccccc23)NC(=O)[C@H](CCCN)NC(=O)[C@H](CC(=O)O)NC(=O)[C@@H]2CCCN2C(=O)[C@@H](Cc2ccccc2)NC(=O)[C@H](Cc2cc3ccccc3[nH]2)NC1=O. The zero-order valence-electron chi connectivity index (χ0n) is 52.9. The molecule has 3 fully saturated rings. The minimum absolute atomic E-state index is 0.0203. The molecule has 4 aromatic carbocycles. The number of carbonyl (C=O) groups is 12. The summed E-state index contributed by atoms with van der Waals surface area (Å²) in [6, 6.07) is 18.1. The van der Waals surface area contributed by atoms with Gasteiger partial charge in [0, 0.05) is 67.1 Å². The Morgan fingerprint density at radius 3 is 1.30 bits per heavy atom. The maximum Gasteiger partial charge on any atom is 0.305 e. The Bertz CT molecular complexity index is 3770. The van der Waals surface area contributed by atoms with E-state index in [1.54, 1.807) is 115 Å². The zero-order chi connectivity index (χ0) is 68.4. The van der Waals surface area contributed by atoms with Gasteiger partial charge in [-0.05, 0) is 105 Å². The standard InChI is InChI=1S/C68H82N14O14/c69-27-11-23-47-59(87)75-49(34-42-38-71-46-22-10-8-20-44(42)46)61(89)79-53(31-39-15-3-1-4-16-39)67(95)81-29-13-25-55(81)65(93)78-52(37-58(85)86)64(92)74-48(24-12-28-70)60(88)76-50(35-43-33-41-19-7-9-21-45(41)72-43)62(90)80-54(32-40-17-5-2-6-18-40)68(96)82-30-14-26-56(82)66(94)77-51(36-57(83)84)63(91)73-47/h1-10,15-22,33,38,47-56,71-72H,11-14,23-32,34-37,69-70H2,(H,73,91)(H,74,92)(H,75,87)(H,76,88)(H,77,94)(H,78,93)(H,79,89)(H,80,90)(H,83,84)(H,85,86)/t47-,48-,49-,50-,51-,52-,53+,54+,55-,56-/m0/s1. The predicted octanol–water partition coefficient (Wildman–Crippen LogP) is 0.221. The fourth-order valence-corrected chi connectivity index (χ4v) is 12.6. The number of aromatic nitrogens is 2. The summed E-state index contributed by atoms with van der Waals surface area (Å²) in [4.78, 5) is 183. The molecule has 0 aliphatic carbocycles. The number of aromatic amines is 2. The lowest BCUT2D eigenvalue weighted by atomic mass is 10.0. The molecule has 5 heterocycles. The molecule has 10 atom stereocenters. The van der Waals surface area contributed by atoms with Gasteiger partial charge in [0.1, 0.15) is 60.4 Å². The monoisotopic (exact) mass is 1320 g/mol. The smallest absolute Gasteiger partial charge is 0.305 e. The number of nitrogens with zero attached hydrogens (tertiary/aromatic N) is 2. The maximum atomic E-state index is 15.2. The summed E-state index contributed by atoms with van der Waals surface area (Å²) >= 11 is 0. The predicted molar refractivity (Wildman–Crippen MR) is 350 cm³/mol. The summed E-state index contributed by atoms with van der Waals surface area (Å²) in [5, 5.41) is 43.2. The van der Waals surface area contributed by atoms with E-state index in [1.165, 1.54) is 9.80 Å². The van der Waals surface area contributed by atoms with Gasteiger partial charge >= 0.3 is 11.9 Å². The van der Waals surface area contributed by atoms with Crippen molar-refractivity contribution in [2.75, 3.05) is 26.2 Å². The summed E-state index contributed by atoms with van der Waals surface area (Å²) in [7, 11) is 0. The second-order valence-electron chi connectivity index (χ2n) is 24.5. The number of carbonyl (C=O) groups excluding carboxylic acids is 10.